The van der Waals surface area contributed by atoms with E-state index in [1.807, 2.05) is 13.0 Å². The van der Waals surface area contributed by atoms with E-state index >= 15 is 0 Å². The Balaban J connectivity index is 1.64. The van der Waals surface area contributed by atoms with E-state index < -0.39 is 0 Å². The lowest BCUT2D eigenvalue weighted by Gasteiger charge is -2.09. The molecule has 1 aliphatic carbocycles. The molecule has 1 heterocycles. The van der Waals surface area contributed by atoms with Gasteiger partial charge in [0.05, 0.1) is 18.2 Å². The van der Waals surface area contributed by atoms with Crippen LogP contribution in [0, 0.1) is 18.3 Å². The molecule has 0 spiro atoms. The number of nitrogens with one attached hydrogen (secondary N) is 1. The van der Waals surface area contributed by atoms with Gasteiger partial charge in [0.1, 0.15) is 16.8 Å². The molecule has 0 saturated heterocycles. The summed E-state index contributed by atoms with van der Waals surface area (Å²) in [6.45, 7) is 1.91. The van der Waals surface area contributed by atoms with Gasteiger partial charge < -0.3 is 10.1 Å². The number of aryl methyl sites for hydroxylation is 2. The second-order valence-corrected chi connectivity index (χ2v) is 7.45. The summed E-state index contributed by atoms with van der Waals surface area (Å²) < 4.78 is 5.23. The first-order valence-corrected chi connectivity index (χ1v) is 9.37. The average Bonchev–Trinajstić information content (AvgIpc) is 3.20. The van der Waals surface area contributed by atoms with Gasteiger partial charge >= 0.3 is 0 Å². The van der Waals surface area contributed by atoms with Crippen LogP contribution >= 0.6 is 11.3 Å². The Morgan fingerprint density at radius 3 is 2.85 bits per heavy atom. The number of ketones is 1. The van der Waals surface area contributed by atoms with Crippen LogP contribution in [0.1, 0.15) is 51.2 Å². The Labute approximate surface area is 156 Å². The monoisotopic (exact) mass is 368 g/mol. The summed E-state index contributed by atoms with van der Waals surface area (Å²) in [6.07, 6.45) is 3.10. The third kappa shape index (κ3) is 3.63. The van der Waals surface area contributed by atoms with E-state index in [2.05, 4.69) is 11.4 Å². The molecular weight excluding hydrogens is 348 g/mol. The molecule has 0 saturated carbocycles. The second-order valence-electron chi connectivity index (χ2n) is 6.35. The van der Waals surface area contributed by atoms with Gasteiger partial charge in [-0.15, -0.1) is 11.3 Å². The highest BCUT2D eigenvalue weighted by Gasteiger charge is 2.23. The minimum atomic E-state index is -0.249. The standard InChI is InChI=1S/C20H20N2O3S/c1-12-6-8-17(25-2)14(10-12)16(23)7-9-19(24)22-20-15(11-21)13-4-3-5-18(13)26-20/h6,8,10H,3-5,7,9H2,1-2H3,(H,22,24). The zero-order valence-corrected chi connectivity index (χ0v) is 15.7. The minimum Gasteiger partial charge on any atom is -0.496 e. The van der Waals surface area contributed by atoms with Gasteiger partial charge in [-0.05, 0) is 43.9 Å². The van der Waals surface area contributed by atoms with E-state index in [-0.39, 0.29) is 24.5 Å². The molecule has 1 aromatic carbocycles. The highest BCUT2D eigenvalue weighted by Crippen LogP contribution is 2.38. The summed E-state index contributed by atoms with van der Waals surface area (Å²) in [5.41, 5.74) is 3.12. The molecule has 0 aliphatic heterocycles. The Hall–Kier alpha value is -2.65. The fourth-order valence-corrected chi connectivity index (χ4v) is 4.46. The average molecular weight is 368 g/mol. The molecule has 1 N–H and O–H groups in total. The number of amides is 1. The number of hydrogen-bond acceptors (Lipinski definition) is 5. The second kappa shape index (κ2) is 7.71. The summed E-state index contributed by atoms with van der Waals surface area (Å²) in [6, 6.07) is 7.62. The maximum absolute atomic E-state index is 12.5. The van der Waals surface area contributed by atoms with Crippen LogP contribution in [0.2, 0.25) is 0 Å². The quantitative estimate of drug-likeness (QED) is 0.781. The van der Waals surface area contributed by atoms with Crippen molar-refractivity contribution in [2.24, 2.45) is 0 Å². The van der Waals surface area contributed by atoms with Gasteiger partial charge in [0.2, 0.25) is 5.91 Å². The smallest absolute Gasteiger partial charge is 0.225 e. The number of Topliss-reactive ketones (excluding diaryl/α,β-unsaturated/α-hetero) is 1. The van der Waals surface area contributed by atoms with Crippen LogP contribution in [0.25, 0.3) is 0 Å². The number of anilines is 1. The molecule has 0 atom stereocenters. The Morgan fingerprint density at radius 2 is 2.12 bits per heavy atom. The molecular formula is C20H20N2O3S. The Morgan fingerprint density at radius 1 is 1.31 bits per heavy atom. The number of rotatable bonds is 6. The number of benzene rings is 1. The predicted octanol–water partition coefficient (Wildman–Crippen LogP) is 4.03. The van der Waals surface area contributed by atoms with Crippen molar-refractivity contribution < 1.29 is 14.3 Å². The van der Waals surface area contributed by atoms with E-state index in [9.17, 15) is 14.9 Å². The van der Waals surface area contributed by atoms with Gasteiger partial charge in [-0.3, -0.25) is 9.59 Å². The van der Waals surface area contributed by atoms with Gasteiger partial charge in [-0.25, -0.2) is 0 Å². The van der Waals surface area contributed by atoms with Crippen molar-refractivity contribution in [2.75, 3.05) is 12.4 Å². The first kappa shape index (κ1) is 18.2. The van der Waals surface area contributed by atoms with Crippen molar-refractivity contribution in [3.05, 3.63) is 45.3 Å². The van der Waals surface area contributed by atoms with Crippen LogP contribution in [0.4, 0.5) is 5.00 Å². The van der Waals surface area contributed by atoms with Crippen LogP contribution < -0.4 is 10.1 Å². The van der Waals surface area contributed by atoms with Crippen molar-refractivity contribution >= 4 is 28.0 Å². The number of fused-ring (bicyclic) bond motifs is 1. The molecule has 1 amide bonds. The van der Waals surface area contributed by atoms with Crippen LogP contribution in [-0.4, -0.2) is 18.8 Å². The van der Waals surface area contributed by atoms with Gasteiger partial charge in [-0.1, -0.05) is 11.6 Å². The van der Waals surface area contributed by atoms with E-state index in [0.29, 0.717) is 21.9 Å². The largest absolute Gasteiger partial charge is 0.496 e. The molecule has 134 valence electrons. The van der Waals surface area contributed by atoms with Crippen molar-refractivity contribution in [1.82, 2.24) is 0 Å². The molecule has 3 rings (SSSR count). The number of ether oxygens (including phenoxy) is 1. The van der Waals surface area contributed by atoms with Crippen LogP contribution in [-0.2, 0) is 17.6 Å². The van der Waals surface area contributed by atoms with Gasteiger partial charge in [-0.2, -0.15) is 5.26 Å². The predicted molar refractivity (Wildman–Crippen MR) is 101 cm³/mol. The van der Waals surface area contributed by atoms with Crippen molar-refractivity contribution in [2.45, 2.75) is 39.0 Å². The lowest BCUT2D eigenvalue weighted by molar-refractivity contribution is -0.116. The third-order valence-electron chi connectivity index (χ3n) is 4.52. The number of carbonyl (C=O) groups is 2. The summed E-state index contributed by atoms with van der Waals surface area (Å²) in [5, 5.41) is 12.8. The molecule has 26 heavy (non-hydrogen) atoms. The van der Waals surface area contributed by atoms with Crippen molar-refractivity contribution in [3.63, 3.8) is 0 Å². The van der Waals surface area contributed by atoms with Gasteiger partial charge in [0.15, 0.2) is 5.78 Å². The Bertz CT molecular complexity index is 909. The zero-order chi connectivity index (χ0) is 18.7. The normalized spacial score (nSPS) is 12.3. The minimum absolute atomic E-state index is 0.0728. The van der Waals surface area contributed by atoms with E-state index in [0.717, 1.165) is 30.4 Å². The van der Waals surface area contributed by atoms with Gasteiger partial charge in [0.25, 0.3) is 0 Å². The molecule has 1 aliphatic rings. The number of nitrogens with zero attached hydrogens (tertiary/aromatic N) is 1. The first-order chi connectivity index (χ1) is 12.5. The maximum Gasteiger partial charge on any atom is 0.225 e. The lowest BCUT2D eigenvalue weighted by atomic mass is 10.0. The van der Waals surface area contributed by atoms with Crippen molar-refractivity contribution in [3.8, 4) is 11.8 Å². The molecule has 0 unspecified atom stereocenters. The van der Waals surface area contributed by atoms with Crippen LogP contribution in [0.15, 0.2) is 18.2 Å². The highest BCUT2D eigenvalue weighted by molar-refractivity contribution is 7.16. The first-order valence-electron chi connectivity index (χ1n) is 8.55. The molecule has 0 fully saturated rings. The van der Waals surface area contributed by atoms with E-state index in [1.54, 1.807) is 12.1 Å². The zero-order valence-electron chi connectivity index (χ0n) is 14.8. The number of nitriles is 1. The van der Waals surface area contributed by atoms with Crippen LogP contribution in [0.3, 0.4) is 0 Å². The molecule has 6 heteroatoms. The van der Waals surface area contributed by atoms with E-state index in [1.165, 1.54) is 23.3 Å². The fourth-order valence-electron chi connectivity index (χ4n) is 3.20. The number of carbonyl (C=O) groups excluding carboxylic acids is 2. The molecule has 0 radical (unpaired) electrons. The summed E-state index contributed by atoms with van der Waals surface area (Å²) in [7, 11) is 1.52. The molecule has 2 aromatic rings. The third-order valence-corrected chi connectivity index (χ3v) is 5.73. The lowest BCUT2D eigenvalue weighted by Crippen LogP contribution is -2.14. The summed E-state index contributed by atoms with van der Waals surface area (Å²) in [4.78, 5) is 25.9. The molecule has 0 bridgehead atoms. The Kier molecular flexibility index (Phi) is 5.38. The van der Waals surface area contributed by atoms with Gasteiger partial charge in [0, 0.05) is 17.7 Å². The number of thiophene rings is 1. The van der Waals surface area contributed by atoms with E-state index in [4.69, 9.17) is 4.74 Å². The SMILES string of the molecule is COc1ccc(C)cc1C(=O)CCC(=O)Nc1sc2c(c1C#N)CCC2. The van der Waals surface area contributed by atoms with Crippen LogP contribution in [0.5, 0.6) is 5.75 Å². The number of hydrogen-bond donors (Lipinski definition) is 1. The fraction of sp³-hybridized carbons (Fsp3) is 0.350. The maximum atomic E-state index is 12.5. The summed E-state index contributed by atoms with van der Waals surface area (Å²) in [5.74, 6) is 0.138. The molecule has 5 nitrogen and oxygen atoms in total. The number of methoxy groups -OCH3 is 1. The highest BCUT2D eigenvalue weighted by atomic mass is 32.1. The molecule has 1 aromatic heterocycles. The summed E-state index contributed by atoms with van der Waals surface area (Å²) >= 11 is 1.48. The topological polar surface area (TPSA) is 79.2 Å². The van der Waals surface area contributed by atoms with Crippen molar-refractivity contribution in [1.29, 1.82) is 5.26 Å².